The molecule has 1 aliphatic rings. The van der Waals surface area contributed by atoms with Gasteiger partial charge in [0.05, 0.1) is 11.4 Å². The highest BCUT2D eigenvalue weighted by atomic mass is 19.4. The Morgan fingerprint density at radius 1 is 1.09 bits per heavy atom. The van der Waals surface area contributed by atoms with E-state index in [1.54, 1.807) is 12.1 Å². The third-order valence-electron chi connectivity index (χ3n) is 5.32. The Balaban J connectivity index is 0.000000354. The van der Waals surface area contributed by atoms with Gasteiger partial charge >= 0.3 is 6.18 Å². The Morgan fingerprint density at radius 2 is 1.88 bits per heavy atom. The molecular formula is C22H23F3N6O. The lowest BCUT2D eigenvalue weighted by Gasteiger charge is -2.11. The van der Waals surface area contributed by atoms with E-state index in [1.807, 2.05) is 13.0 Å². The summed E-state index contributed by atoms with van der Waals surface area (Å²) in [5.74, 6) is -0.223. The van der Waals surface area contributed by atoms with Crippen molar-refractivity contribution in [3.05, 3.63) is 48.1 Å². The number of nitrogens with zero attached hydrogens (tertiary/aromatic N) is 3. The molecule has 3 aromatic heterocycles. The first kappa shape index (κ1) is 21.8. The van der Waals surface area contributed by atoms with Crippen LogP contribution in [0.1, 0.15) is 30.5 Å². The molecule has 1 saturated heterocycles. The standard InChI is InChI=1S/C17H12F3N5O.C5H11N/c1-8-12(7-26-25-8)9-2-3-10-11(5-22-14(10)4-9)15-13(17(18,19)20)6-23-16(21)24-15;1-2-4-6-5-3-1/h2-7,22H,1H3,(H2,21,23,24);6H,1-5H2. The average Bonchev–Trinajstić information content (AvgIpc) is 3.40. The fourth-order valence-corrected chi connectivity index (χ4v) is 3.67. The highest BCUT2D eigenvalue weighted by Crippen LogP contribution is 2.39. The van der Waals surface area contributed by atoms with E-state index in [4.69, 9.17) is 10.3 Å². The van der Waals surface area contributed by atoms with Gasteiger partial charge in [0.1, 0.15) is 11.8 Å². The van der Waals surface area contributed by atoms with Crippen molar-refractivity contribution in [2.75, 3.05) is 18.8 Å². The predicted molar refractivity (Wildman–Crippen MR) is 116 cm³/mol. The lowest BCUT2D eigenvalue weighted by molar-refractivity contribution is -0.137. The molecule has 168 valence electrons. The monoisotopic (exact) mass is 444 g/mol. The fourth-order valence-electron chi connectivity index (χ4n) is 3.67. The summed E-state index contributed by atoms with van der Waals surface area (Å²) in [5, 5.41) is 7.71. The van der Waals surface area contributed by atoms with Gasteiger partial charge in [-0.1, -0.05) is 23.7 Å². The second-order valence-corrected chi connectivity index (χ2v) is 7.58. The number of hydrogen-bond acceptors (Lipinski definition) is 6. The molecule has 32 heavy (non-hydrogen) atoms. The minimum Gasteiger partial charge on any atom is -0.368 e. The van der Waals surface area contributed by atoms with Crippen LogP contribution in [0.25, 0.3) is 33.3 Å². The lowest BCUT2D eigenvalue weighted by atomic mass is 10.0. The number of fused-ring (bicyclic) bond motifs is 1. The third kappa shape index (κ3) is 4.59. The SMILES string of the molecule is C1CCNCC1.Cc1nocc1-c1ccc2c(-c3nc(N)ncc3C(F)(F)F)c[nH]c2c1. The number of nitrogens with two attached hydrogens (primary N) is 1. The molecule has 7 nitrogen and oxygen atoms in total. The summed E-state index contributed by atoms with van der Waals surface area (Å²) >= 11 is 0. The molecule has 0 bridgehead atoms. The number of aromatic amines is 1. The molecule has 4 N–H and O–H groups in total. The van der Waals surface area contributed by atoms with E-state index in [0.29, 0.717) is 22.7 Å². The van der Waals surface area contributed by atoms with Crippen molar-refractivity contribution in [1.29, 1.82) is 0 Å². The Hall–Kier alpha value is -3.40. The van der Waals surface area contributed by atoms with Gasteiger partial charge in [-0.3, -0.25) is 0 Å². The normalized spacial score (nSPS) is 14.2. The Bertz CT molecular complexity index is 1200. The largest absolute Gasteiger partial charge is 0.419 e. The summed E-state index contributed by atoms with van der Waals surface area (Å²) < 4.78 is 44.9. The van der Waals surface area contributed by atoms with Gasteiger partial charge in [0.25, 0.3) is 0 Å². The van der Waals surface area contributed by atoms with E-state index >= 15 is 0 Å². The quantitative estimate of drug-likeness (QED) is 0.404. The van der Waals surface area contributed by atoms with Gasteiger partial charge in [-0.05, 0) is 44.5 Å². The van der Waals surface area contributed by atoms with Crippen molar-refractivity contribution in [3.8, 4) is 22.4 Å². The molecule has 0 radical (unpaired) electrons. The molecular weight excluding hydrogens is 421 g/mol. The number of nitrogen functional groups attached to an aromatic ring is 1. The molecule has 4 heterocycles. The van der Waals surface area contributed by atoms with Crippen LogP contribution >= 0.6 is 0 Å². The summed E-state index contributed by atoms with van der Waals surface area (Å²) in [6.07, 6.45) is 3.32. The number of rotatable bonds is 2. The van der Waals surface area contributed by atoms with Gasteiger partial charge in [0.15, 0.2) is 0 Å². The summed E-state index contributed by atoms with van der Waals surface area (Å²) in [7, 11) is 0. The first-order chi connectivity index (χ1) is 15.3. The Labute approximate surface area is 182 Å². The minimum absolute atomic E-state index is 0.223. The summed E-state index contributed by atoms with van der Waals surface area (Å²) in [6.45, 7) is 4.31. The van der Waals surface area contributed by atoms with Crippen molar-refractivity contribution in [3.63, 3.8) is 0 Å². The van der Waals surface area contributed by atoms with E-state index in [-0.39, 0.29) is 11.6 Å². The average molecular weight is 444 g/mol. The van der Waals surface area contributed by atoms with Crippen LogP contribution in [0.4, 0.5) is 19.1 Å². The summed E-state index contributed by atoms with van der Waals surface area (Å²) in [6, 6.07) is 5.33. The maximum absolute atomic E-state index is 13.3. The molecule has 0 spiro atoms. The van der Waals surface area contributed by atoms with Crippen LogP contribution in [0, 0.1) is 6.92 Å². The smallest absolute Gasteiger partial charge is 0.368 e. The first-order valence-corrected chi connectivity index (χ1v) is 10.3. The van der Waals surface area contributed by atoms with Crippen molar-refractivity contribution in [2.45, 2.75) is 32.4 Å². The number of hydrogen-bond donors (Lipinski definition) is 3. The number of anilines is 1. The van der Waals surface area contributed by atoms with Gasteiger partial charge in [-0.25, -0.2) is 9.97 Å². The number of aryl methyl sites for hydroxylation is 1. The summed E-state index contributed by atoms with van der Waals surface area (Å²) in [4.78, 5) is 10.3. The second-order valence-electron chi connectivity index (χ2n) is 7.58. The highest BCUT2D eigenvalue weighted by molar-refractivity contribution is 5.97. The molecule has 4 aromatic rings. The first-order valence-electron chi connectivity index (χ1n) is 10.3. The van der Waals surface area contributed by atoms with E-state index in [2.05, 4.69) is 25.4 Å². The molecule has 1 aromatic carbocycles. The van der Waals surface area contributed by atoms with Crippen molar-refractivity contribution in [1.82, 2.24) is 25.4 Å². The number of aromatic nitrogens is 4. The minimum atomic E-state index is -4.59. The maximum atomic E-state index is 13.3. The zero-order valence-electron chi connectivity index (χ0n) is 17.5. The van der Waals surface area contributed by atoms with Crippen molar-refractivity contribution < 1.29 is 17.7 Å². The molecule has 0 aliphatic carbocycles. The second kappa shape index (κ2) is 8.99. The van der Waals surface area contributed by atoms with E-state index in [1.165, 1.54) is 44.8 Å². The van der Waals surface area contributed by atoms with Gasteiger partial charge in [-0.2, -0.15) is 13.2 Å². The molecule has 0 amide bonds. The third-order valence-corrected chi connectivity index (χ3v) is 5.32. The van der Waals surface area contributed by atoms with Crippen LogP contribution in [0.2, 0.25) is 0 Å². The summed E-state index contributed by atoms with van der Waals surface area (Å²) in [5.41, 5.74) is 7.64. The molecule has 0 atom stereocenters. The van der Waals surface area contributed by atoms with Gasteiger partial charge in [0, 0.05) is 34.4 Å². The number of nitrogens with one attached hydrogen (secondary N) is 2. The molecule has 1 fully saturated rings. The van der Waals surface area contributed by atoms with Crippen LogP contribution in [0.3, 0.4) is 0 Å². The number of H-pyrrole nitrogens is 1. The fraction of sp³-hybridized carbons (Fsp3) is 0.318. The predicted octanol–water partition coefficient (Wildman–Crippen LogP) is 4.95. The molecule has 0 saturated carbocycles. The van der Waals surface area contributed by atoms with Crippen LogP contribution in [-0.4, -0.2) is 33.2 Å². The Morgan fingerprint density at radius 3 is 2.47 bits per heavy atom. The number of benzene rings is 1. The van der Waals surface area contributed by atoms with Crippen LogP contribution in [0.15, 0.2) is 41.4 Å². The van der Waals surface area contributed by atoms with Crippen LogP contribution in [-0.2, 0) is 6.18 Å². The van der Waals surface area contributed by atoms with E-state index in [0.717, 1.165) is 16.8 Å². The van der Waals surface area contributed by atoms with Crippen LogP contribution in [0.5, 0.6) is 0 Å². The highest BCUT2D eigenvalue weighted by Gasteiger charge is 2.36. The number of piperidine rings is 1. The molecule has 0 unspecified atom stereocenters. The van der Waals surface area contributed by atoms with Crippen LogP contribution < -0.4 is 11.1 Å². The number of halogens is 3. The zero-order valence-corrected chi connectivity index (χ0v) is 17.5. The Kier molecular flexibility index (Phi) is 6.13. The lowest BCUT2D eigenvalue weighted by Crippen LogP contribution is -2.21. The molecule has 1 aliphatic heterocycles. The van der Waals surface area contributed by atoms with E-state index < -0.39 is 11.7 Å². The van der Waals surface area contributed by atoms with Gasteiger partial charge in [-0.15, -0.1) is 0 Å². The molecule has 10 heteroatoms. The van der Waals surface area contributed by atoms with Crippen molar-refractivity contribution >= 4 is 16.9 Å². The van der Waals surface area contributed by atoms with Crippen molar-refractivity contribution in [2.24, 2.45) is 0 Å². The number of alkyl halides is 3. The maximum Gasteiger partial charge on any atom is 0.419 e. The topological polar surface area (TPSA) is 106 Å². The van der Waals surface area contributed by atoms with Gasteiger partial charge in [0.2, 0.25) is 5.95 Å². The van der Waals surface area contributed by atoms with E-state index in [9.17, 15) is 13.2 Å². The van der Waals surface area contributed by atoms with Gasteiger partial charge < -0.3 is 20.6 Å². The molecule has 5 rings (SSSR count). The zero-order chi connectivity index (χ0) is 22.7.